The van der Waals surface area contributed by atoms with Crippen molar-refractivity contribution in [2.45, 2.75) is 38.5 Å². The van der Waals surface area contributed by atoms with Gasteiger partial charge >= 0.3 is 0 Å². The molecule has 0 spiro atoms. The zero-order chi connectivity index (χ0) is 6.91. The van der Waals surface area contributed by atoms with Crippen molar-refractivity contribution in [3.63, 3.8) is 0 Å². The van der Waals surface area contributed by atoms with Gasteiger partial charge in [-0.2, -0.15) is 0 Å². The molecule has 6 heavy (non-hydrogen) atoms. The molecule has 36 valence electrons. The van der Waals surface area contributed by atoms with E-state index in [9.17, 15) is 0 Å². The summed E-state index contributed by atoms with van der Waals surface area (Å²) >= 11 is 0. The normalized spacial score (nSPS) is 52.0. The third kappa shape index (κ3) is 1.00. The van der Waals surface area contributed by atoms with Crippen LogP contribution in [0.25, 0.3) is 0 Å². The molecule has 0 radical (unpaired) electrons. The second kappa shape index (κ2) is 2.22. The molecule has 0 heteroatoms. The summed E-state index contributed by atoms with van der Waals surface area (Å²) in [5, 5.41) is 0. The molecule has 0 aliphatic heterocycles. The van der Waals surface area contributed by atoms with Gasteiger partial charge in [-0.1, -0.05) is 38.5 Å². The van der Waals surface area contributed by atoms with E-state index in [2.05, 4.69) is 0 Å². The number of rotatable bonds is 0. The van der Waals surface area contributed by atoms with E-state index in [0.717, 1.165) is 19.3 Å². The van der Waals surface area contributed by atoms with E-state index in [1.807, 2.05) is 0 Å². The first-order valence-electron chi connectivity index (χ1n) is 4.13. The monoisotopic (exact) mass is 87.1 g/mol. The molecule has 1 saturated carbocycles. The van der Waals surface area contributed by atoms with Gasteiger partial charge in [0.25, 0.3) is 0 Å². The van der Waals surface area contributed by atoms with Crippen LogP contribution in [0.4, 0.5) is 0 Å². The van der Waals surface area contributed by atoms with Gasteiger partial charge in [0, 0.05) is 4.11 Å². The summed E-state index contributed by atoms with van der Waals surface area (Å²) in [7, 11) is 0. The maximum atomic E-state index is 7.31. The van der Waals surface area contributed by atoms with Gasteiger partial charge in [-0.25, -0.2) is 0 Å². The minimum atomic E-state index is -1.20. The average Bonchev–Trinajstić information content (AvgIpc) is 1.77. The predicted molar refractivity (Wildman–Crippen MR) is 27.7 cm³/mol. The smallest absolute Gasteiger partial charge is 0.0267 e. The molecule has 1 aliphatic rings. The molecule has 1 rings (SSSR count). The summed E-state index contributed by atoms with van der Waals surface area (Å²) in [5.74, 6) is 0. The summed E-state index contributed by atoms with van der Waals surface area (Å²) in [5.41, 5.74) is 0. The second-order valence-electron chi connectivity index (χ2n) is 1.65. The van der Waals surface area contributed by atoms with Crippen LogP contribution in [0, 0.1) is 0 Å². The molecule has 1 unspecified atom stereocenters. The molecule has 0 aromatic rings. The van der Waals surface area contributed by atoms with Crippen molar-refractivity contribution in [2.75, 3.05) is 0 Å². The quantitative estimate of drug-likeness (QED) is 0.425. The Labute approximate surface area is 43.8 Å². The van der Waals surface area contributed by atoms with Gasteiger partial charge in [0.05, 0.1) is 0 Å². The molecule has 0 heterocycles. The van der Waals surface area contributed by atoms with E-state index < -0.39 is 12.8 Å². The molecule has 1 atom stereocenters. The Kier molecular flexibility index (Phi) is 0.686. The molecule has 0 amide bonds. The topological polar surface area (TPSA) is 0 Å². The lowest BCUT2D eigenvalue weighted by molar-refractivity contribution is 0.504. The van der Waals surface area contributed by atoms with Crippen LogP contribution in [0.1, 0.15) is 42.6 Å². The summed E-state index contributed by atoms with van der Waals surface area (Å²) in [4.78, 5) is 0. The largest absolute Gasteiger partial charge is 0.0533 e. The number of hydrogen-bond donors (Lipinski definition) is 0. The van der Waals surface area contributed by atoms with Gasteiger partial charge in [-0.3, -0.25) is 0 Å². The van der Waals surface area contributed by atoms with Crippen LogP contribution in [0.3, 0.4) is 0 Å². The first-order valence-corrected chi connectivity index (χ1v) is 2.55. The molecule has 0 N–H and O–H groups in total. The average molecular weight is 87.2 g/mol. The Morgan fingerprint density at radius 2 is 1.83 bits per heavy atom. The van der Waals surface area contributed by atoms with Crippen LogP contribution in [0.2, 0.25) is 0 Å². The summed E-state index contributed by atoms with van der Waals surface area (Å²) < 4.78 is 21.9. The van der Waals surface area contributed by atoms with Gasteiger partial charge in [0.2, 0.25) is 0 Å². The van der Waals surface area contributed by atoms with E-state index in [0.29, 0.717) is 6.42 Å². The summed E-state index contributed by atoms with van der Waals surface area (Å²) in [6.45, 7) is 0. The standard InChI is InChI=1S/C6H12/c1-2-4-6-5-3-1/h1-6H2/i1D,2D2. The predicted octanol–water partition coefficient (Wildman–Crippen LogP) is 2.34. The third-order valence-corrected chi connectivity index (χ3v) is 1.06. The molecule has 1 fully saturated rings. The maximum Gasteiger partial charge on any atom is 0.0267 e. The Balaban J connectivity index is 2.49. The molecule has 1 aliphatic carbocycles. The molecule has 0 aromatic carbocycles. The Morgan fingerprint density at radius 1 is 1.00 bits per heavy atom. The fourth-order valence-electron chi connectivity index (χ4n) is 0.678. The lowest BCUT2D eigenvalue weighted by atomic mass is 10.0. The first-order chi connectivity index (χ1) is 4.13. The van der Waals surface area contributed by atoms with E-state index >= 15 is 0 Å². The van der Waals surface area contributed by atoms with Crippen molar-refractivity contribution >= 4 is 0 Å². The second-order valence-corrected chi connectivity index (χ2v) is 1.65. The third-order valence-electron chi connectivity index (χ3n) is 1.06. The minimum absolute atomic E-state index is 0.466. The van der Waals surface area contributed by atoms with Crippen LogP contribution in [0.5, 0.6) is 0 Å². The van der Waals surface area contributed by atoms with Crippen molar-refractivity contribution in [3.8, 4) is 0 Å². The lowest BCUT2D eigenvalue weighted by Gasteiger charge is -2.05. The van der Waals surface area contributed by atoms with Crippen LogP contribution >= 0.6 is 0 Å². The molecule has 0 nitrogen and oxygen atoms in total. The Bertz CT molecular complexity index is 100. The van der Waals surface area contributed by atoms with Crippen molar-refractivity contribution in [2.24, 2.45) is 0 Å². The molecule has 0 bridgehead atoms. The first kappa shape index (κ1) is 1.85. The van der Waals surface area contributed by atoms with Crippen molar-refractivity contribution in [1.29, 1.82) is 0 Å². The highest BCUT2D eigenvalue weighted by atomic mass is 14.0. The maximum absolute atomic E-state index is 7.31. The zero-order valence-corrected chi connectivity index (χ0v) is 3.91. The van der Waals surface area contributed by atoms with Crippen molar-refractivity contribution in [1.82, 2.24) is 0 Å². The minimum Gasteiger partial charge on any atom is -0.0533 e. The van der Waals surface area contributed by atoms with Crippen LogP contribution in [0.15, 0.2) is 0 Å². The molecular formula is C6H12. The molecular weight excluding hydrogens is 72.1 g/mol. The van der Waals surface area contributed by atoms with E-state index in [-0.39, 0.29) is 0 Å². The fraction of sp³-hybridized carbons (Fsp3) is 1.00. The van der Waals surface area contributed by atoms with Crippen LogP contribution < -0.4 is 0 Å². The van der Waals surface area contributed by atoms with Gasteiger partial charge < -0.3 is 0 Å². The van der Waals surface area contributed by atoms with Crippen LogP contribution in [-0.4, -0.2) is 0 Å². The summed E-state index contributed by atoms with van der Waals surface area (Å²) in [6, 6.07) is 0. The highest BCUT2D eigenvalue weighted by molar-refractivity contribution is 4.51. The van der Waals surface area contributed by atoms with Crippen molar-refractivity contribution < 1.29 is 4.11 Å². The SMILES string of the molecule is [2H]C1CCCCC1([2H])[2H]. The Hall–Kier alpha value is 0. The van der Waals surface area contributed by atoms with Gasteiger partial charge in [0.15, 0.2) is 0 Å². The van der Waals surface area contributed by atoms with Gasteiger partial charge in [-0.15, -0.1) is 0 Å². The highest BCUT2D eigenvalue weighted by Crippen LogP contribution is 2.15. The zero-order valence-electron chi connectivity index (χ0n) is 6.91. The highest BCUT2D eigenvalue weighted by Gasteiger charge is 1.95. The van der Waals surface area contributed by atoms with Gasteiger partial charge in [0.1, 0.15) is 0 Å². The van der Waals surface area contributed by atoms with E-state index in [4.69, 9.17) is 4.11 Å². The van der Waals surface area contributed by atoms with Gasteiger partial charge in [-0.05, 0) is 0 Å². The Morgan fingerprint density at radius 3 is 2.33 bits per heavy atom. The van der Waals surface area contributed by atoms with Crippen molar-refractivity contribution in [3.05, 3.63) is 0 Å². The van der Waals surface area contributed by atoms with E-state index in [1.165, 1.54) is 0 Å². The lowest BCUT2D eigenvalue weighted by Crippen LogP contribution is -1.85. The summed E-state index contributed by atoms with van der Waals surface area (Å²) in [6.07, 6.45) is 1.66. The van der Waals surface area contributed by atoms with E-state index in [1.54, 1.807) is 0 Å². The van der Waals surface area contributed by atoms with Crippen LogP contribution in [-0.2, 0) is 0 Å². The fourth-order valence-corrected chi connectivity index (χ4v) is 0.678. The number of hydrogen-bond acceptors (Lipinski definition) is 0. The molecule has 0 saturated heterocycles. The molecule has 0 aromatic heterocycles.